The van der Waals surface area contributed by atoms with E-state index in [1.165, 1.54) is 0 Å². The Bertz CT molecular complexity index is 261. The van der Waals surface area contributed by atoms with Crippen molar-refractivity contribution in [2.24, 2.45) is 5.41 Å². The van der Waals surface area contributed by atoms with E-state index in [0.29, 0.717) is 25.9 Å². The van der Waals surface area contributed by atoms with Gasteiger partial charge in [-0.3, -0.25) is 4.79 Å². The van der Waals surface area contributed by atoms with Gasteiger partial charge in [-0.1, -0.05) is 19.9 Å². The second kappa shape index (κ2) is 6.23. The van der Waals surface area contributed by atoms with E-state index < -0.39 is 5.41 Å². The van der Waals surface area contributed by atoms with Gasteiger partial charge in [-0.15, -0.1) is 6.58 Å². The lowest BCUT2D eigenvalue weighted by Crippen LogP contribution is -2.42. The van der Waals surface area contributed by atoms with E-state index in [4.69, 9.17) is 5.26 Å². The Morgan fingerprint density at radius 1 is 1.47 bits per heavy atom. The van der Waals surface area contributed by atoms with Crippen LogP contribution in [0.3, 0.4) is 0 Å². The van der Waals surface area contributed by atoms with Gasteiger partial charge in [-0.05, 0) is 19.8 Å². The summed E-state index contributed by atoms with van der Waals surface area (Å²) in [4.78, 5) is 13.8. The molecular weight excluding hydrogens is 188 g/mol. The molecule has 0 unspecified atom stereocenters. The predicted molar refractivity (Wildman–Crippen MR) is 61.1 cm³/mol. The fourth-order valence-electron chi connectivity index (χ4n) is 1.57. The van der Waals surface area contributed by atoms with Crippen LogP contribution in [0.4, 0.5) is 0 Å². The molecule has 15 heavy (non-hydrogen) atoms. The molecule has 0 fully saturated rings. The Morgan fingerprint density at radius 3 is 2.27 bits per heavy atom. The van der Waals surface area contributed by atoms with Crippen LogP contribution in [-0.4, -0.2) is 23.9 Å². The molecule has 0 saturated carbocycles. The molecule has 0 aliphatic carbocycles. The Hall–Kier alpha value is -1.30. The van der Waals surface area contributed by atoms with Gasteiger partial charge in [0.25, 0.3) is 0 Å². The Morgan fingerprint density at radius 2 is 2.00 bits per heavy atom. The Kier molecular flexibility index (Phi) is 5.69. The lowest BCUT2D eigenvalue weighted by molar-refractivity contribution is -0.138. The van der Waals surface area contributed by atoms with Gasteiger partial charge in [0, 0.05) is 13.1 Å². The van der Waals surface area contributed by atoms with Crippen LogP contribution in [0.1, 0.15) is 33.6 Å². The number of hydrogen-bond acceptors (Lipinski definition) is 2. The average molecular weight is 208 g/mol. The van der Waals surface area contributed by atoms with Crippen LogP contribution in [0.25, 0.3) is 0 Å². The smallest absolute Gasteiger partial charge is 0.243 e. The lowest BCUT2D eigenvalue weighted by Gasteiger charge is -2.29. The van der Waals surface area contributed by atoms with Gasteiger partial charge in [0.2, 0.25) is 5.91 Å². The molecule has 0 aliphatic rings. The van der Waals surface area contributed by atoms with Gasteiger partial charge >= 0.3 is 0 Å². The maximum Gasteiger partial charge on any atom is 0.243 e. The highest BCUT2D eigenvalue weighted by molar-refractivity contribution is 5.85. The van der Waals surface area contributed by atoms with Crippen LogP contribution >= 0.6 is 0 Å². The molecule has 0 aliphatic heterocycles. The summed E-state index contributed by atoms with van der Waals surface area (Å²) < 4.78 is 0. The normalized spacial score (nSPS) is 10.5. The van der Waals surface area contributed by atoms with Gasteiger partial charge in [-0.2, -0.15) is 5.26 Å². The van der Waals surface area contributed by atoms with Crippen molar-refractivity contribution in [2.75, 3.05) is 13.1 Å². The fraction of sp³-hybridized carbons (Fsp3) is 0.667. The van der Waals surface area contributed by atoms with Crippen molar-refractivity contribution in [3.8, 4) is 6.07 Å². The molecule has 0 spiro atoms. The molecule has 0 bridgehead atoms. The van der Waals surface area contributed by atoms with Crippen molar-refractivity contribution in [3.05, 3.63) is 12.7 Å². The molecule has 0 aromatic carbocycles. The second-order valence-electron chi connectivity index (χ2n) is 3.53. The molecule has 3 nitrogen and oxygen atoms in total. The van der Waals surface area contributed by atoms with E-state index >= 15 is 0 Å². The van der Waals surface area contributed by atoms with E-state index in [-0.39, 0.29) is 5.91 Å². The number of carbonyl (C=O) groups excluding carboxylic acids is 1. The molecule has 0 rings (SSSR count). The third-order valence-corrected chi connectivity index (χ3v) is 2.85. The summed E-state index contributed by atoms with van der Waals surface area (Å²) in [6.45, 7) is 10.4. The van der Waals surface area contributed by atoms with Crippen molar-refractivity contribution >= 4 is 5.91 Å². The van der Waals surface area contributed by atoms with Gasteiger partial charge in [0.1, 0.15) is 5.41 Å². The van der Waals surface area contributed by atoms with Crippen LogP contribution < -0.4 is 0 Å². The van der Waals surface area contributed by atoms with Crippen molar-refractivity contribution in [1.82, 2.24) is 4.90 Å². The van der Waals surface area contributed by atoms with E-state index in [1.54, 1.807) is 11.0 Å². The van der Waals surface area contributed by atoms with Crippen molar-refractivity contribution < 1.29 is 4.79 Å². The number of likely N-dealkylation sites (N-methyl/N-ethyl adjacent to an activating group) is 1. The van der Waals surface area contributed by atoms with Crippen molar-refractivity contribution in [2.45, 2.75) is 33.6 Å². The standard InChI is InChI=1S/C12H20N2O/c1-5-9-14(8-4)11(15)12(6-2,7-3)10-13/h5H,1,6-9H2,2-4H3. The zero-order chi connectivity index (χ0) is 11.9. The minimum Gasteiger partial charge on any atom is -0.338 e. The summed E-state index contributed by atoms with van der Waals surface area (Å²) in [7, 11) is 0. The molecule has 0 radical (unpaired) electrons. The molecule has 0 N–H and O–H groups in total. The lowest BCUT2D eigenvalue weighted by atomic mass is 9.82. The topological polar surface area (TPSA) is 44.1 Å². The highest BCUT2D eigenvalue weighted by Crippen LogP contribution is 2.27. The van der Waals surface area contributed by atoms with E-state index in [0.717, 1.165) is 0 Å². The van der Waals surface area contributed by atoms with Gasteiger partial charge < -0.3 is 4.90 Å². The second-order valence-corrected chi connectivity index (χ2v) is 3.53. The van der Waals surface area contributed by atoms with Gasteiger partial charge in [-0.25, -0.2) is 0 Å². The van der Waals surface area contributed by atoms with Gasteiger partial charge in [0.15, 0.2) is 0 Å². The number of carbonyl (C=O) groups is 1. The molecule has 0 aromatic heterocycles. The zero-order valence-corrected chi connectivity index (χ0v) is 9.92. The zero-order valence-electron chi connectivity index (χ0n) is 9.92. The third-order valence-electron chi connectivity index (χ3n) is 2.85. The first-order valence-corrected chi connectivity index (χ1v) is 5.43. The van der Waals surface area contributed by atoms with E-state index in [2.05, 4.69) is 12.6 Å². The number of amides is 1. The van der Waals surface area contributed by atoms with Crippen LogP contribution in [0.2, 0.25) is 0 Å². The number of rotatable bonds is 6. The quantitative estimate of drug-likeness (QED) is 0.629. The average Bonchev–Trinajstić information content (AvgIpc) is 2.28. The molecular formula is C12H20N2O. The van der Waals surface area contributed by atoms with Crippen molar-refractivity contribution in [3.63, 3.8) is 0 Å². The number of nitrogens with zero attached hydrogens (tertiary/aromatic N) is 2. The molecule has 0 aromatic rings. The van der Waals surface area contributed by atoms with Crippen LogP contribution in [-0.2, 0) is 4.79 Å². The minimum atomic E-state index is -0.848. The van der Waals surface area contributed by atoms with Crippen LogP contribution in [0.15, 0.2) is 12.7 Å². The van der Waals surface area contributed by atoms with E-state index in [1.807, 2.05) is 20.8 Å². The predicted octanol–water partition coefficient (Wildman–Crippen LogP) is 2.35. The van der Waals surface area contributed by atoms with E-state index in [9.17, 15) is 4.79 Å². The highest BCUT2D eigenvalue weighted by Gasteiger charge is 2.37. The summed E-state index contributed by atoms with van der Waals surface area (Å²) in [6.07, 6.45) is 2.81. The van der Waals surface area contributed by atoms with Crippen LogP contribution in [0, 0.1) is 16.7 Å². The highest BCUT2D eigenvalue weighted by atomic mass is 16.2. The monoisotopic (exact) mass is 208 g/mol. The summed E-state index contributed by atoms with van der Waals surface area (Å²) in [5, 5.41) is 9.14. The third kappa shape index (κ3) is 2.82. The summed E-state index contributed by atoms with van der Waals surface area (Å²) >= 11 is 0. The molecule has 3 heteroatoms. The first-order chi connectivity index (χ1) is 7.11. The Labute approximate surface area is 92.4 Å². The number of hydrogen-bond donors (Lipinski definition) is 0. The summed E-state index contributed by atoms with van der Waals surface area (Å²) in [5.41, 5.74) is -0.848. The first-order valence-electron chi connectivity index (χ1n) is 5.43. The minimum absolute atomic E-state index is 0.0719. The molecule has 84 valence electrons. The summed E-state index contributed by atoms with van der Waals surface area (Å²) in [5.74, 6) is -0.0719. The largest absolute Gasteiger partial charge is 0.338 e. The SMILES string of the molecule is C=CCN(CC)C(=O)C(C#N)(CC)CC. The fourth-order valence-corrected chi connectivity index (χ4v) is 1.57. The first kappa shape index (κ1) is 13.7. The Balaban J connectivity index is 4.92. The van der Waals surface area contributed by atoms with Gasteiger partial charge in [0.05, 0.1) is 6.07 Å². The maximum absolute atomic E-state index is 12.1. The maximum atomic E-state index is 12.1. The molecule has 0 saturated heterocycles. The molecule has 1 amide bonds. The molecule has 0 heterocycles. The summed E-state index contributed by atoms with van der Waals surface area (Å²) in [6, 6.07) is 2.16. The number of nitriles is 1. The van der Waals surface area contributed by atoms with Crippen LogP contribution in [0.5, 0.6) is 0 Å². The molecule has 0 atom stereocenters. The van der Waals surface area contributed by atoms with Crippen molar-refractivity contribution in [1.29, 1.82) is 5.26 Å².